The molecule has 7 rings (SSSR count). The fraction of sp³-hybridized carbons (Fsp3) is 0.500. The summed E-state index contributed by atoms with van der Waals surface area (Å²) in [4.78, 5) is 33.3. The van der Waals surface area contributed by atoms with E-state index < -0.39 is 11.5 Å². The van der Waals surface area contributed by atoms with Gasteiger partial charge in [0.15, 0.2) is 5.69 Å². The summed E-state index contributed by atoms with van der Waals surface area (Å²) in [7, 11) is 1.67. The molecule has 4 aliphatic heterocycles. The first kappa shape index (κ1) is 21.4. The lowest BCUT2D eigenvalue weighted by atomic mass is 9.75. The van der Waals surface area contributed by atoms with E-state index in [1.807, 2.05) is 12.1 Å². The van der Waals surface area contributed by atoms with Gasteiger partial charge in [-0.25, -0.2) is 4.98 Å². The van der Waals surface area contributed by atoms with E-state index in [2.05, 4.69) is 27.4 Å². The number of likely N-dealkylation sites (N-methyl/N-ethyl adjacent to an activating group) is 1. The fourth-order valence-corrected chi connectivity index (χ4v) is 5.93. The van der Waals surface area contributed by atoms with Crippen molar-refractivity contribution in [2.45, 2.75) is 56.2 Å². The van der Waals surface area contributed by atoms with Gasteiger partial charge >= 0.3 is 0 Å². The first-order valence-electron chi connectivity index (χ1n) is 12.1. The van der Waals surface area contributed by atoms with Crippen molar-refractivity contribution in [2.24, 2.45) is 5.73 Å². The van der Waals surface area contributed by atoms with Gasteiger partial charge in [0.05, 0.1) is 5.69 Å². The highest BCUT2D eigenvalue weighted by Gasteiger charge is 2.43. The molecule has 3 fully saturated rings. The molecule has 2 amide bonds. The number of nitrogens with two attached hydrogens (primary N) is 1. The number of aromatic nitrogens is 2. The molecule has 34 heavy (non-hydrogen) atoms. The second-order valence-corrected chi connectivity index (χ2v) is 10.2. The fourth-order valence-electron chi connectivity index (χ4n) is 5.93. The van der Waals surface area contributed by atoms with Gasteiger partial charge in [0.1, 0.15) is 5.82 Å². The smallest absolute Gasteiger partial charge is 0.269 e. The van der Waals surface area contributed by atoms with Crippen LogP contribution in [0, 0.1) is 11.8 Å². The van der Waals surface area contributed by atoms with E-state index in [1.165, 1.54) is 23.3 Å². The van der Waals surface area contributed by atoms with Crippen LogP contribution in [0.15, 0.2) is 18.2 Å². The predicted molar refractivity (Wildman–Crippen MR) is 126 cm³/mol. The summed E-state index contributed by atoms with van der Waals surface area (Å²) < 4.78 is 2.25. The first-order chi connectivity index (χ1) is 16.3. The minimum absolute atomic E-state index is 0.302. The van der Waals surface area contributed by atoms with Crippen LogP contribution in [0.5, 0.6) is 0 Å². The molecular weight excluding hydrogens is 430 g/mol. The molecule has 2 bridgehead atoms. The molecule has 0 radical (unpaired) electrons. The van der Waals surface area contributed by atoms with Gasteiger partial charge in [0, 0.05) is 43.7 Å². The molecule has 2 aromatic rings. The SMILES string of the molecule is CN1CC[C@@](O)(C#Cc2ccc3c(c2)-c2nc(C(N)=O)c(CN4CCCC4)n2C2CC3C2)C1=O. The molecule has 5 aliphatic rings. The molecular formula is C26H29N5O3. The van der Waals surface area contributed by atoms with Gasteiger partial charge in [0.2, 0.25) is 5.60 Å². The number of hydrogen-bond donors (Lipinski definition) is 2. The molecule has 8 nitrogen and oxygen atoms in total. The predicted octanol–water partition coefficient (Wildman–Crippen LogP) is 1.62. The highest BCUT2D eigenvalue weighted by atomic mass is 16.3. The topological polar surface area (TPSA) is 105 Å². The highest BCUT2D eigenvalue weighted by molar-refractivity contribution is 5.93. The number of aliphatic hydroxyl groups is 1. The molecule has 176 valence electrons. The number of carbonyl (C=O) groups is 2. The average molecular weight is 460 g/mol. The monoisotopic (exact) mass is 459 g/mol. The van der Waals surface area contributed by atoms with Crippen molar-refractivity contribution in [3.8, 4) is 23.2 Å². The summed E-state index contributed by atoms with van der Waals surface area (Å²) in [6, 6.07) is 6.33. The van der Waals surface area contributed by atoms with Gasteiger partial charge in [0.25, 0.3) is 11.8 Å². The molecule has 8 heteroatoms. The van der Waals surface area contributed by atoms with Crippen molar-refractivity contribution in [3.05, 3.63) is 40.7 Å². The maximum atomic E-state index is 12.4. The number of carbonyl (C=O) groups excluding carboxylic acids is 2. The number of imidazole rings is 1. The number of likely N-dealkylation sites (tertiary alicyclic amines) is 2. The Morgan fingerprint density at radius 2 is 2.03 bits per heavy atom. The molecule has 1 aromatic carbocycles. The van der Waals surface area contributed by atoms with Crippen LogP contribution in [-0.2, 0) is 11.3 Å². The first-order valence-corrected chi connectivity index (χ1v) is 12.1. The maximum Gasteiger partial charge on any atom is 0.269 e. The summed E-state index contributed by atoms with van der Waals surface area (Å²) in [6.45, 7) is 3.23. The van der Waals surface area contributed by atoms with Gasteiger partial charge < -0.3 is 20.3 Å². The van der Waals surface area contributed by atoms with E-state index in [4.69, 9.17) is 10.7 Å². The molecule has 1 aliphatic carbocycles. The third kappa shape index (κ3) is 3.26. The van der Waals surface area contributed by atoms with E-state index in [9.17, 15) is 14.7 Å². The molecule has 1 aromatic heterocycles. The minimum Gasteiger partial charge on any atom is -0.369 e. The Labute approximate surface area is 198 Å². The van der Waals surface area contributed by atoms with Crippen molar-refractivity contribution < 1.29 is 14.7 Å². The van der Waals surface area contributed by atoms with Gasteiger partial charge in [-0.1, -0.05) is 17.9 Å². The summed E-state index contributed by atoms with van der Waals surface area (Å²) in [5.74, 6) is 6.22. The lowest BCUT2D eigenvalue weighted by molar-refractivity contribution is -0.137. The number of hydrogen-bond acceptors (Lipinski definition) is 5. The Kier molecular flexibility index (Phi) is 4.84. The van der Waals surface area contributed by atoms with E-state index in [-0.39, 0.29) is 5.91 Å². The lowest BCUT2D eigenvalue weighted by Gasteiger charge is -2.36. The van der Waals surface area contributed by atoms with Gasteiger partial charge in [-0.3, -0.25) is 14.5 Å². The van der Waals surface area contributed by atoms with Crippen LogP contribution >= 0.6 is 0 Å². The third-order valence-electron chi connectivity index (χ3n) is 7.95. The van der Waals surface area contributed by atoms with Crippen molar-refractivity contribution >= 4 is 11.8 Å². The number of rotatable bonds is 3. The second-order valence-electron chi connectivity index (χ2n) is 10.2. The maximum absolute atomic E-state index is 12.4. The van der Waals surface area contributed by atoms with Crippen molar-refractivity contribution in [1.82, 2.24) is 19.4 Å². The lowest BCUT2D eigenvalue weighted by Crippen LogP contribution is -2.37. The normalized spacial score (nSPS) is 27.5. The zero-order valence-corrected chi connectivity index (χ0v) is 19.4. The Morgan fingerprint density at radius 1 is 1.26 bits per heavy atom. The van der Waals surface area contributed by atoms with Gasteiger partial charge in [-0.2, -0.15) is 0 Å². The van der Waals surface area contributed by atoms with Crippen LogP contribution in [0.2, 0.25) is 0 Å². The van der Waals surface area contributed by atoms with E-state index >= 15 is 0 Å². The molecule has 2 saturated heterocycles. The van der Waals surface area contributed by atoms with Gasteiger partial charge in [-0.15, -0.1) is 0 Å². The Hall–Kier alpha value is -3.15. The Balaban J connectivity index is 1.43. The molecule has 5 heterocycles. The standard InChI is InChI=1S/C26H29N5O3/c1-29-11-8-26(34,25(29)33)7-6-16-4-5-19-17-13-18(14-17)31-21(15-30-9-2-3-10-30)22(23(27)32)28-24(31)20(19)12-16/h4-5,12,17-18,34H,2-3,8-11,13-15H2,1H3,(H2,27,32)/t17?,18?,26-/m0/s1. The Morgan fingerprint density at radius 3 is 2.71 bits per heavy atom. The molecule has 3 N–H and O–H groups in total. The van der Waals surface area contributed by atoms with Crippen LogP contribution in [0.3, 0.4) is 0 Å². The zero-order chi connectivity index (χ0) is 23.6. The second kappa shape index (κ2) is 7.69. The number of primary amides is 1. The summed E-state index contributed by atoms with van der Waals surface area (Å²) in [5, 5.41) is 10.7. The molecule has 1 atom stereocenters. The van der Waals surface area contributed by atoms with E-state index in [1.54, 1.807) is 7.05 Å². The summed E-state index contributed by atoms with van der Waals surface area (Å²) in [5.41, 5.74) is 8.33. The van der Waals surface area contributed by atoms with Crippen molar-refractivity contribution in [3.63, 3.8) is 0 Å². The van der Waals surface area contributed by atoms with Crippen LogP contribution in [0.1, 0.15) is 71.4 Å². The Bertz CT molecular complexity index is 1260. The summed E-state index contributed by atoms with van der Waals surface area (Å²) >= 11 is 0. The molecule has 0 unspecified atom stereocenters. The summed E-state index contributed by atoms with van der Waals surface area (Å²) in [6.07, 6.45) is 4.69. The van der Waals surface area contributed by atoms with Crippen LogP contribution < -0.4 is 5.73 Å². The average Bonchev–Trinajstić information content (AvgIpc) is 3.45. The largest absolute Gasteiger partial charge is 0.369 e. The van der Waals surface area contributed by atoms with Crippen LogP contribution in [0.4, 0.5) is 0 Å². The third-order valence-corrected chi connectivity index (χ3v) is 7.95. The van der Waals surface area contributed by atoms with E-state index in [0.29, 0.717) is 42.7 Å². The number of amides is 2. The molecule has 1 saturated carbocycles. The molecule has 0 spiro atoms. The van der Waals surface area contributed by atoms with E-state index in [0.717, 1.165) is 43.0 Å². The van der Waals surface area contributed by atoms with Crippen molar-refractivity contribution in [1.29, 1.82) is 0 Å². The number of nitrogens with zero attached hydrogens (tertiary/aromatic N) is 4. The van der Waals surface area contributed by atoms with Crippen LogP contribution in [-0.4, -0.2) is 68.6 Å². The zero-order valence-electron chi connectivity index (χ0n) is 19.4. The van der Waals surface area contributed by atoms with Gasteiger partial charge in [-0.05, 0) is 62.4 Å². The van der Waals surface area contributed by atoms with Crippen LogP contribution in [0.25, 0.3) is 11.4 Å². The highest BCUT2D eigenvalue weighted by Crippen LogP contribution is 2.53. The number of benzene rings is 1. The minimum atomic E-state index is -1.64. The quantitative estimate of drug-likeness (QED) is 0.679. The van der Waals surface area contributed by atoms with Crippen molar-refractivity contribution in [2.75, 3.05) is 26.7 Å².